The van der Waals surface area contributed by atoms with Crippen LogP contribution in [0.4, 0.5) is 0 Å². The monoisotopic (exact) mass is 285 g/mol. The van der Waals surface area contributed by atoms with Gasteiger partial charge in [0.15, 0.2) is 0 Å². The summed E-state index contributed by atoms with van der Waals surface area (Å²) in [6.07, 6.45) is 1.03. The summed E-state index contributed by atoms with van der Waals surface area (Å²) in [5.41, 5.74) is 1.34. The molecule has 0 aliphatic rings. The summed E-state index contributed by atoms with van der Waals surface area (Å²) in [6, 6.07) is 8.91. The van der Waals surface area contributed by atoms with E-state index in [1.807, 2.05) is 0 Å². The van der Waals surface area contributed by atoms with Crippen LogP contribution in [0.1, 0.15) is 19.4 Å². The second-order valence-electron chi connectivity index (χ2n) is 4.03. The summed E-state index contributed by atoms with van der Waals surface area (Å²) >= 11 is 3.44. The maximum Gasteiger partial charge on any atom is 0.0558 e. The molecule has 0 heterocycles. The number of benzene rings is 1. The van der Waals surface area contributed by atoms with Gasteiger partial charge in [-0.05, 0) is 37.6 Å². The predicted octanol–water partition coefficient (Wildman–Crippen LogP) is 2.69. The van der Waals surface area contributed by atoms with Gasteiger partial charge in [0.05, 0.1) is 6.61 Å². The van der Waals surface area contributed by atoms with Crippen LogP contribution < -0.4 is 0 Å². The van der Waals surface area contributed by atoms with Crippen molar-refractivity contribution in [1.29, 1.82) is 0 Å². The highest BCUT2D eigenvalue weighted by atomic mass is 79.9. The third-order valence-electron chi connectivity index (χ3n) is 2.86. The van der Waals surface area contributed by atoms with Gasteiger partial charge in [0.25, 0.3) is 0 Å². The van der Waals surface area contributed by atoms with Crippen LogP contribution in [0.3, 0.4) is 0 Å². The van der Waals surface area contributed by atoms with Crippen LogP contribution in [0, 0.1) is 0 Å². The van der Waals surface area contributed by atoms with Crippen molar-refractivity contribution in [2.45, 2.75) is 26.3 Å². The van der Waals surface area contributed by atoms with Crippen LogP contribution in [-0.4, -0.2) is 35.7 Å². The van der Waals surface area contributed by atoms with E-state index >= 15 is 0 Å². The highest BCUT2D eigenvalue weighted by molar-refractivity contribution is 9.10. The van der Waals surface area contributed by atoms with Crippen LogP contribution >= 0.6 is 15.9 Å². The molecule has 0 saturated heterocycles. The minimum absolute atomic E-state index is 0.235. The molecule has 0 amide bonds. The molecule has 0 radical (unpaired) electrons. The molecule has 1 atom stereocenters. The van der Waals surface area contributed by atoms with Crippen LogP contribution in [0.2, 0.25) is 0 Å². The summed E-state index contributed by atoms with van der Waals surface area (Å²) in [5, 5.41) is 8.97. The van der Waals surface area contributed by atoms with Crippen molar-refractivity contribution < 1.29 is 5.11 Å². The SMILES string of the molecule is CCN(CCO)C(C)Cc1ccc(Br)cc1. The van der Waals surface area contributed by atoms with E-state index in [1.54, 1.807) is 0 Å². The standard InChI is InChI=1S/C13H20BrNO/c1-3-15(8-9-16)11(2)10-12-4-6-13(14)7-5-12/h4-7,11,16H,3,8-10H2,1-2H3. The smallest absolute Gasteiger partial charge is 0.0558 e. The summed E-state index contributed by atoms with van der Waals surface area (Å²) < 4.78 is 1.12. The maximum absolute atomic E-state index is 8.97. The molecule has 1 rings (SSSR count). The largest absolute Gasteiger partial charge is 0.395 e. The lowest BCUT2D eigenvalue weighted by Gasteiger charge is -2.27. The minimum atomic E-state index is 0.235. The third kappa shape index (κ3) is 4.24. The fourth-order valence-electron chi connectivity index (χ4n) is 1.91. The Morgan fingerprint density at radius 3 is 2.44 bits per heavy atom. The average Bonchev–Trinajstić information content (AvgIpc) is 2.29. The molecule has 1 aromatic rings. The molecule has 3 heteroatoms. The second kappa shape index (κ2) is 7.05. The molecule has 1 aromatic carbocycles. The van der Waals surface area contributed by atoms with E-state index in [0.717, 1.165) is 24.0 Å². The molecule has 0 aromatic heterocycles. The molecule has 16 heavy (non-hydrogen) atoms. The molecule has 0 spiro atoms. The Hall–Kier alpha value is -0.380. The maximum atomic E-state index is 8.97. The Morgan fingerprint density at radius 2 is 1.94 bits per heavy atom. The van der Waals surface area contributed by atoms with Crippen molar-refractivity contribution in [1.82, 2.24) is 4.90 Å². The Morgan fingerprint density at radius 1 is 1.31 bits per heavy atom. The zero-order chi connectivity index (χ0) is 12.0. The number of nitrogens with zero attached hydrogens (tertiary/aromatic N) is 1. The normalized spacial score (nSPS) is 13.1. The first-order chi connectivity index (χ1) is 7.67. The summed E-state index contributed by atoms with van der Waals surface area (Å²) in [7, 11) is 0. The van der Waals surface area contributed by atoms with Crippen LogP contribution in [0.5, 0.6) is 0 Å². The van der Waals surface area contributed by atoms with Gasteiger partial charge in [-0.15, -0.1) is 0 Å². The van der Waals surface area contributed by atoms with Gasteiger partial charge in [-0.1, -0.05) is 35.0 Å². The second-order valence-corrected chi connectivity index (χ2v) is 4.95. The average molecular weight is 286 g/mol. The summed E-state index contributed by atoms with van der Waals surface area (Å²) in [5.74, 6) is 0. The van der Waals surface area contributed by atoms with E-state index in [0.29, 0.717) is 6.04 Å². The molecule has 0 saturated carbocycles. The minimum Gasteiger partial charge on any atom is -0.395 e. The van der Waals surface area contributed by atoms with E-state index in [9.17, 15) is 0 Å². The Balaban J connectivity index is 2.55. The lowest BCUT2D eigenvalue weighted by Crippen LogP contribution is -2.36. The van der Waals surface area contributed by atoms with E-state index in [-0.39, 0.29) is 6.61 Å². The number of aliphatic hydroxyl groups is 1. The molecule has 1 N–H and O–H groups in total. The Bertz CT molecular complexity index is 299. The Labute approximate surface area is 106 Å². The van der Waals surface area contributed by atoms with Crippen molar-refractivity contribution in [3.8, 4) is 0 Å². The van der Waals surface area contributed by atoms with Gasteiger partial charge >= 0.3 is 0 Å². The third-order valence-corrected chi connectivity index (χ3v) is 3.39. The van der Waals surface area contributed by atoms with Crippen LogP contribution in [0.15, 0.2) is 28.7 Å². The zero-order valence-electron chi connectivity index (χ0n) is 9.99. The fourth-order valence-corrected chi connectivity index (χ4v) is 2.17. The molecular formula is C13H20BrNO. The highest BCUT2D eigenvalue weighted by Crippen LogP contribution is 2.13. The van der Waals surface area contributed by atoms with Gasteiger partial charge in [0, 0.05) is 17.1 Å². The van der Waals surface area contributed by atoms with Crippen molar-refractivity contribution >= 4 is 15.9 Å². The lowest BCUT2D eigenvalue weighted by atomic mass is 10.1. The van der Waals surface area contributed by atoms with Gasteiger partial charge in [0.1, 0.15) is 0 Å². The van der Waals surface area contributed by atoms with E-state index in [2.05, 4.69) is 58.9 Å². The molecule has 2 nitrogen and oxygen atoms in total. The number of hydrogen-bond donors (Lipinski definition) is 1. The number of hydrogen-bond acceptors (Lipinski definition) is 2. The number of rotatable bonds is 6. The van der Waals surface area contributed by atoms with Crippen molar-refractivity contribution in [3.63, 3.8) is 0 Å². The van der Waals surface area contributed by atoms with Gasteiger partial charge in [0.2, 0.25) is 0 Å². The fraction of sp³-hybridized carbons (Fsp3) is 0.538. The lowest BCUT2D eigenvalue weighted by molar-refractivity contribution is 0.164. The number of halogens is 1. The molecule has 0 aliphatic heterocycles. The molecular weight excluding hydrogens is 266 g/mol. The van der Waals surface area contributed by atoms with E-state index in [4.69, 9.17) is 5.11 Å². The molecule has 0 bridgehead atoms. The highest BCUT2D eigenvalue weighted by Gasteiger charge is 2.11. The number of likely N-dealkylation sites (N-methyl/N-ethyl adjacent to an activating group) is 1. The van der Waals surface area contributed by atoms with E-state index in [1.165, 1.54) is 5.56 Å². The van der Waals surface area contributed by atoms with Gasteiger partial charge < -0.3 is 5.11 Å². The summed E-state index contributed by atoms with van der Waals surface area (Å²) in [4.78, 5) is 2.29. The first kappa shape index (κ1) is 13.7. The molecule has 0 aliphatic carbocycles. The van der Waals surface area contributed by atoms with Crippen molar-refractivity contribution in [2.24, 2.45) is 0 Å². The van der Waals surface area contributed by atoms with Gasteiger partial charge in [-0.3, -0.25) is 4.90 Å². The quantitative estimate of drug-likeness (QED) is 0.869. The van der Waals surface area contributed by atoms with Gasteiger partial charge in [-0.2, -0.15) is 0 Å². The van der Waals surface area contributed by atoms with E-state index < -0.39 is 0 Å². The zero-order valence-corrected chi connectivity index (χ0v) is 11.6. The molecule has 0 fully saturated rings. The Kier molecular flexibility index (Phi) is 6.03. The number of aliphatic hydroxyl groups excluding tert-OH is 1. The molecule has 90 valence electrons. The van der Waals surface area contributed by atoms with Crippen LogP contribution in [0.25, 0.3) is 0 Å². The van der Waals surface area contributed by atoms with Crippen molar-refractivity contribution in [2.75, 3.05) is 19.7 Å². The summed E-state index contributed by atoms with van der Waals surface area (Å²) in [6.45, 7) is 6.32. The molecule has 1 unspecified atom stereocenters. The first-order valence-electron chi connectivity index (χ1n) is 5.76. The van der Waals surface area contributed by atoms with Crippen LogP contribution in [-0.2, 0) is 6.42 Å². The topological polar surface area (TPSA) is 23.5 Å². The predicted molar refractivity (Wildman–Crippen MR) is 71.6 cm³/mol. The first-order valence-corrected chi connectivity index (χ1v) is 6.56. The van der Waals surface area contributed by atoms with Crippen molar-refractivity contribution in [3.05, 3.63) is 34.3 Å². The van der Waals surface area contributed by atoms with Gasteiger partial charge in [-0.25, -0.2) is 0 Å².